The van der Waals surface area contributed by atoms with E-state index in [1.165, 1.54) is 0 Å². The van der Waals surface area contributed by atoms with Gasteiger partial charge in [0.25, 0.3) is 0 Å². The third kappa shape index (κ3) is 7.78. The molecule has 0 heterocycles. The van der Waals surface area contributed by atoms with E-state index in [9.17, 15) is 4.89 Å². The van der Waals surface area contributed by atoms with Crippen molar-refractivity contribution in [3.8, 4) is 6.07 Å². The fourth-order valence-corrected chi connectivity index (χ4v) is 3.32. The van der Waals surface area contributed by atoms with Gasteiger partial charge in [-0.15, -0.1) is 0 Å². The Bertz CT molecular complexity index is 284. The Labute approximate surface area is 116 Å². The van der Waals surface area contributed by atoms with Gasteiger partial charge in [0.15, 0.2) is 0 Å². The highest BCUT2D eigenvalue weighted by molar-refractivity contribution is 7.62. The predicted octanol–water partition coefficient (Wildman–Crippen LogP) is 3.06. The lowest BCUT2D eigenvalue weighted by atomic mass is 10.5. The molecule has 0 radical (unpaired) electrons. The highest BCUT2D eigenvalue weighted by Gasteiger charge is 2.51. The summed E-state index contributed by atoms with van der Waals surface area (Å²) in [6.45, 7) is 11.0. The van der Waals surface area contributed by atoms with Crippen LogP contribution < -0.4 is 0 Å². The zero-order chi connectivity index (χ0) is 15.1. The molecule has 0 aromatic carbocycles. The second-order valence-corrected chi connectivity index (χ2v) is 7.31. The summed E-state index contributed by atoms with van der Waals surface area (Å²) in [5.74, 6) is 0. The molecule has 0 aliphatic heterocycles. The molecule has 1 N–H and O–H groups in total. The Hall–Kier alpha value is -0.280. The number of nitriles is 1. The van der Waals surface area contributed by atoms with Crippen molar-refractivity contribution in [2.24, 2.45) is 0 Å². The first-order valence-corrected chi connectivity index (χ1v) is 8.31. The van der Waals surface area contributed by atoms with Crippen LogP contribution in [0.5, 0.6) is 0 Å². The minimum atomic E-state index is -3.09. The number of hydrogen-bond donors (Lipinski definition) is 1. The monoisotopic (exact) mass is 293 g/mol. The Morgan fingerprint density at radius 1 is 1.05 bits per heavy atom. The summed E-state index contributed by atoms with van der Waals surface area (Å²) < 4.78 is 5.60. The molecule has 0 aliphatic rings. The van der Waals surface area contributed by atoms with E-state index in [0.717, 1.165) is 5.00 Å². The van der Waals surface area contributed by atoms with E-state index in [-0.39, 0.29) is 30.9 Å². The van der Waals surface area contributed by atoms with Crippen LogP contribution in [0.4, 0.5) is 0 Å². The van der Waals surface area contributed by atoms with Gasteiger partial charge in [-0.05, 0) is 41.5 Å². The summed E-state index contributed by atoms with van der Waals surface area (Å²) in [7, 11) is -3.09. The van der Waals surface area contributed by atoms with Gasteiger partial charge in [-0.2, -0.15) is 14.7 Å². The van der Waals surface area contributed by atoms with Crippen molar-refractivity contribution in [3.05, 3.63) is 0 Å². The highest BCUT2D eigenvalue weighted by Crippen LogP contribution is 2.61. The molecule has 0 aromatic rings. The van der Waals surface area contributed by atoms with Gasteiger partial charge in [-0.25, -0.2) is 9.68 Å². The van der Waals surface area contributed by atoms with Gasteiger partial charge in [0.2, 0.25) is 0 Å². The van der Waals surface area contributed by atoms with E-state index in [4.69, 9.17) is 19.5 Å². The Balaban J connectivity index is 5.03. The third-order valence-electron chi connectivity index (χ3n) is 1.75. The molecule has 0 spiro atoms. The van der Waals surface area contributed by atoms with E-state index in [2.05, 4.69) is 0 Å². The maximum absolute atomic E-state index is 10.7. The van der Waals surface area contributed by atoms with Crippen molar-refractivity contribution in [2.75, 3.05) is 6.16 Å². The van der Waals surface area contributed by atoms with Gasteiger partial charge in [0, 0.05) is 0 Å². The largest absolute Gasteiger partial charge is 0.403 e. The van der Waals surface area contributed by atoms with Crippen molar-refractivity contribution < 1.29 is 19.1 Å². The van der Waals surface area contributed by atoms with E-state index in [1.54, 1.807) is 0 Å². The smallest absolute Gasteiger partial charge is 0.236 e. The van der Waals surface area contributed by atoms with Gasteiger partial charge in [0.05, 0.1) is 24.7 Å². The molecule has 7 heteroatoms. The lowest BCUT2D eigenvalue weighted by Crippen LogP contribution is -2.33. The van der Waals surface area contributed by atoms with Crippen LogP contribution in [-0.2, 0) is 14.2 Å². The zero-order valence-electron chi connectivity index (χ0n) is 12.7. The molecule has 19 heavy (non-hydrogen) atoms. The molecular formula is C12H26N2O4P+. The van der Waals surface area contributed by atoms with Crippen LogP contribution in [0.3, 0.4) is 0 Å². The van der Waals surface area contributed by atoms with Gasteiger partial charge in [-0.1, -0.05) is 0 Å². The molecule has 0 saturated carbocycles. The molecule has 112 valence electrons. The standard InChI is InChI=1S/C12H26N2O4P/c1-10(2)16-14(17-11(3)4)19(15,9-7-8-13)18-12(5)6/h10-12,15H,7,9H2,1-6H3/q+1. The lowest BCUT2D eigenvalue weighted by Gasteiger charge is -2.29. The molecular weight excluding hydrogens is 267 g/mol. The zero-order valence-corrected chi connectivity index (χ0v) is 13.6. The van der Waals surface area contributed by atoms with Crippen LogP contribution in [0.25, 0.3) is 0 Å². The first kappa shape index (κ1) is 18.7. The summed E-state index contributed by atoms with van der Waals surface area (Å²) in [6.07, 6.45) is -0.158. The first-order valence-electron chi connectivity index (χ1n) is 6.51. The molecule has 0 fully saturated rings. The molecule has 6 nitrogen and oxygen atoms in total. The molecule has 0 bridgehead atoms. The molecule has 0 rings (SSSR count). The van der Waals surface area contributed by atoms with Crippen molar-refractivity contribution in [3.63, 3.8) is 0 Å². The minimum absolute atomic E-state index is 0.164. The number of hydrogen-bond acceptors (Lipinski definition) is 6. The number of rotatable bonds is 9. The molecule has 1 unspecified atom stereocenters. The summed E-state index contributed by atoms with van der Waals surface area (Å²) in [5, 5.41) is 8.71. The second-order valence-electron chi connectivity index (χ2n) is 5.00. The molecule has 0 saturated heterocycles. The van der Waals surface area contributed by atoms with Crippen LogP contribution in [0.2, 0.25) is 0 Å². The van der Waals surface area contributed by atoms with Crippen molar-refractivity contribution in [1.82, 2.24) is 5.00 Å². The maximum Gasteiger partial charge on any atom is 0.403 e. The van der Waals surface area contributed by atoms with E-state index < -0.39 is 7.87 Å². The summed E-state index contributed by atoms with van der Waals surface area (Å²) in [6, 6.07) is 2.01. The first-order chi connectivity index (χ1) is 8.71. The summed E-state index contributed by atoms with van der Waals surface area (Å²) in [5.41, 5.74) is 0. The lowest BCUT2D eigenvalue weighted by molar-refractivity contribution is -0.343. The molecule has 0 aromatic heterocycles. The Morgan fingerprint density at radius 2 is 1.53 bits per heavy atom. The Morgan fingerprint density at radius 3 is 1.84 bits per heavy atom. The molecule has 1 atom stereocenters. The van der Waals surface area contributed by atoms with E-state index in [0.29, 0.717) is 0 Å². The summed E-state index contributed by atoms with van der Waals surface area (Å²) >= 11 is 0. The van der Waals surface area contributed by atoms with Crippen molar-refractivity contribution in [1.29, 1.82) is 5.26 Å². The minimum Gasteiger partial charge on any atom is -0.236 e. The second kappa shape index (κ2) is 8.80. The van der Waals surface area contributed by atoms with Crippen LogP contribution in [-0.4, -0.2) is 34.4 Å². The van der Waals surface area contributed by atoms with Gasteiger partial charge < -0.3 is 0 Å². The van der Waals surface area contributed by atoms with Crippen LogP contribution >= 0.6 is 7.87 Å². The predicted molar refractivity (Wildman–Crippen MR) is 74.7 cm³/mol. The highest BCUT2D eigenvalue weighted by atomic mass is 31.2. The average Bonchev–Trinajstić information content (AvgIpc) is 2.23. The fourth-order valence-electron chi connectivity index (χ4n) is 1.24. The van der Waals surface area contributed by atoms with Crippen molar-refractivity contribution in [2.45, 2.75) is 66.3 Å². The number of nitrogens with zero attached hydrogens (tertiary/aromatic N) is 2. The maximum atomic E-state index is 10.7. The molecule has 0 aliphatic carbocycles. The summed E-state index contributed by atoms with van der Waals surface area (Å²) in [4.78, 5) is 22.8. The van der Waals surface area contributed by atoms with Gasteiger partial charge in [0.1, 0.15) is 17.3 Å². The van der Waals surface area contributed by atoms with Gasteiger partial charge in [-0.3, -0.25) is 0 Å². The normalized spacial score (nSPS) is 15.3. The van der Waals surface area contributed by atoms with Gasteiger partial charge >= 0.3 is 7.87 Å². The van der Waals surface area contributed by atoms with Crippen LogP contribution in [0, 0.1) is 11.3 Å². The molecule has 0 amide bonds. The SMILES string of the molecule is CC(C)ON(OC(C)C)[P+](O)(CCC#N)OC(C)C. The van der Waals surface area contributed by atoms with Crippen LogP contribution in [0.15, 0.2) is 0 Å². The fraction of sp³-hybridized carbons (Fsp3) is 0.917. The quantitative estimate of drug-likeness (QED) is 0.520. The Kier molecular flexibility index (Phi) is 8.67. The van der Waals surface area contributed by atoms with Crippen LogP contribution in [0.1, 0.15) is 48.0 Å². The van der Waals surface area contributed by atoms with E-state index >= 15 is 0 Å². The average molecular weight is 293 g/mol. The third-order valence-corrected chi connectivity index (χ3v) is 4.02. The topological polar surface area (TPSA) is 75.0 Å². The van der Waals surface area contributed by atoms with Crippen molar-refractivity contribution >= 4 is 7.87 Å². The van der Waals surface area contributed by atoms with E-state index in [1.807, 2.05) is 47.6 Å².